The van der Waals surface area contributed by atoms with Gasteiger partial charge in [-0.05, 0) is 12.5 Å². The van der Waals surface area contributed by atoms with Gasteiger partial charge in [-0.2, -0.15) is 5.10 Å². The van der Waals surface area contributed by atoms with E-state index in [0.717, 1.165) is 0 Å². The lowest BCUT2D eigenvalue weighted by atomic mass is 10.1. The second-order valence-corrected chi connectivity index (χ2v) is 4.12. The number of benzene rings is 2. The Morgan fingerprint density at radius 2 is 1.29 bits per heavy atom. The van der Waals surface area contributed by atoms with Crippen LogP contribution in [0.25, 0.3) is 0 Å². The number of hydrogen-bond donors (Lipinski definition) is 1. The molecule has 110 valence electrons. The van der Waals surface area contributed by atoms with Gasteiger partial charge in [0.2, 0.25) is 5.82 Å². The molecule has 0 aliphatic rings. The van der Waals surface area contributed by atoms with Crippen LogP contribution in [0.2, 0.25) is 0 Å². The number of anilines is 1. The molecule has 0 bridgehead atoms. The predicted octanol–water partition coefficient (Wildman–Crippen LogP) is 4.22. The summed E-state index contributed by atoms with van der Waals surface area (Å²) in [5.74, 6) is -10.2. The molecule has 0 aliphatic carbocycles. The minimum Gasteiger partial charge on any atom is -0.272 e. The maximum absolute atomic E-state index is 13.4. The summed E-state index contributed by atoms with van der Waals surface area (Å²) in [7, 11) is 0. The molecule has 0 aromatic heterocycles. The maximum atomic E-state index is 13.4. The Hall–Kier alpha value is -2.44. The molecule has 2 aromatic rings. The molecule has 0 aliphatic heterocycles. The monoisotopic (exact) mass is 300 g/mol. The summed E-state index contributed by atoms with van der Waals surface area (Å²) in [6.07, 6.45) is 0. The minimum atomic E-state index is -2.21. The van der Waals surface area contributed by atoms with Gasteiger partial charge in [0.05, 0.1) is 5.71 Å². The van der Waals surface area contributed by atoms with Crippen LogP contribution in [0.15, 0.2) is 35.4 Å². The Bertz CT molecular complexity index is 669. The van der Waals surface area contributed by atoms with Crippen molar-refractivity contribution in [3.05, 3.63) is 65.0 Å². The average Bonchev–Trinajstić information content (AvgIpc) is 2.51. The van der Waals surface area contributed by atoms with Crippen molar-refractivity contribution in [3.63, 3.8) is 0 Å². The van der Waals surface area contributed by atoms with Crippen molar-refractivity contribution in [2.24, 2.45) is 5.10 Å². The number of halogens is 5. The highest BCUT2D eigenvalue weighted by Gasteiger charge is 2.25. The molecule has 0 spiro atoms. The van der Waals surface area contributed by atoms with Gasteiger partial charge in [0.15, 0.2) is 23.3 Å². The van der Waals surface area contributed by atoms with Gasteiger partial charge >= 0.3 is 0 Å². The third-order valence-electron chi connectivity index (χ3n) is 2.74. The van der Waals surface area contributed by atoms with E-state index < -0.39 is 34.8 Å². The van der Waals surface area contributed by atoms with Gasteiger partial charge in [-0.25, -0.2) is 22.0 Å². The van der Waals surface area contributed by atoms with Crippen LogP contribution in [0, 0.1) is 29.1 Å². The summed E-state index contributed by atoms with van der Waals surface area (Å²) in [6.45, 7) is 1.52. The van der Waals surface area contributed by atoms with Gasteiger partial charge in [0.25, 0.3) is 0 Å². The largest absolute Gasteiger partial charge is 0.272 e. The van der Waals surface area contributed by atoms with Crippen molar-refractivity contribution in [3.8, 4) is 0 Å². The molecule has 2 rings (SSSR count). The van der Waals surface area contributed by atoms with Crippen molar-refractivity contribution in [2.45, 2.75) is 6.92 Å². The number of hydrogen-bond acceptors (Lipinski definition) is 2. The highest BCUT2D eigenvalue weighted by atomic mass is 19.2. The first-order chi connectivity index (χ1) is 9.93. The Morgan fingerprint density at radius 1 is 0.810 bits per heavy atom. The van der Waals surface area contributed by atoms with E-state index in [9.17, 15) is 22.0 Å². The molecule has 0 heterocycles. The van der Waals surface area contributed by atoms with Gasteiger partial charge in [-0.15, -0.1) is 0 Å². The fourth-order valence-electron chi connectivity index (χ4n) is 1.59. The van der Waals surface area contributed by atoms with Crippen molar-refractivity contribution in [1.82, 2.24) is 0 Å². The van der Waals surface area contributed by atoms with Crippen molar-refractivity contribution >= 4 is 11.4 Å². The smallest absolute Gasteiger partial charge is 0.200 e. The number of nitrogens with zero attached hydrogens (tertiary/aromatic N) is 1. The van der Waals surface area contributed by atoms with Crippen LogP contribution in [-0.4, -0.2) is 5.71 Å². The highest BCUT2D eigenvalue weighted by molar-refractivity contribution is 5.99. The van der Waals surface area contributed by atoms with Crippen molar-refractivity contribution < 1.29 is 22.0 Å². The van der Waals surface area contributed by atoms with E-state index in [1.807, 2.05) is 5.43 Å². The van der Waals surface area contributed by atoms with E-state index in [0.29, 0.717) is 11.3 Å². The van der Waals surface area contributed by atoms with E-state index >= 15 is 0 Å². The molecule has 1 N–H and O–H groups in total. The molecule has 0 unspecified atom stereocenters. The zero-order chi connectivity index (χ0) is 15.6. The van der Waals surface area contributed by atoms with Gasteiger partial charge in [-0.3, -0.25) is 5.43 Å². The van der Waals surface area contributed by atoms with Crippen LogP contribution in [0.4, 0.5) is 27.6 Å². The molecule has 0 atom stereocenters. The lowest BCUT2D eigenvalue weighted by molar-refractivity contribution is 0.381. The van der Waals surface area contributed by atoms with E-state index in [4.69, 9.17) is 0 Å². The molecule has 2 nitrogen and oxygen atoms in total. The zero-order valence-electron chi connectivity index (χ0n) is 10.7. The van der Waals surface area contributed by atoms with Crippen LogP contribution in [0.3, 0.4) is 0 Å². The van der Waals surface area contributed by atoms with Crippen LogP contribution in [0.5, 0.6) is 0 Å². The van der Waals surface area contributed by atoms with Crippen LogP contribution in [-0.2, 0) is 0 Å². The first kappa shape index (κ1) is 15.0. The SMILES string of the molecule is C/C(=N\Nc1c(F)c(F)c(F)c(F)c1F)c1ccccc1. The summed E-state index contributed by atoms with van der Waals surface area (Å²) >= 11 is 0. The highest BCUT2D eigenvalue weighted by Crippen LogP contribution is 2.27. The molecule has 0 amide bonds. The molecule has 7 heteroatoms. The normalized spacial score (nSPS) is 11.6. The van der Waals surface area contributed by atoms with Gasteiger partial charge in [0.1, 0.15) is 5.69 Å². The van der Waals surface area contributed by atoms with E-state index in [1.54, 1.807) is 30.3 Å². The summed E-state index contributed by atoms with van der Waals surface area (Å²) in [6, 6.07) is 8.55. The van der Waals surface area contributed by atoms with Crippen LogP contribution < -0.4 is 5.43 Å². The zero-order valence-corrected chi connectivity index (χ0v) is 10.7. The molecule has 0 saturated carbocycles. The van der Waals surface area contributed by atoms with E-state index in [-0.39, 0.29) is 0 Å². The molecule has 0 radical (unpaired) electrons. The molecule has 0 fully saturated rings. The Labute approximate surface area is 116 Å². The predicted molar refractivity (Wildman–Crippen MR) is 68.5 cm³/mol. The molecule has 0 saturated heterocycles. The summed E-state index contributed by atoms with van der Waals surface area (Å²) < 4.78 is 65.7. The maximum Gasteiger partial charge on any atom is 0.200 e. The third kappa shape index (κ3) is 2.86. The summed E-state index contributed by atoms with van der Waals surface area (Å²) in [5.41, 5.74) is 1.64. The van der Waals surface area contributed by atoms with Crippen molar-refractivity contribution in [1.29, 1.82) is 0 Å². The van der Waals surface area contributed by atoms with Crippen LogP contribution >= 0.6 is 0 Å². The van der Waals surface area contributed by atoms with Gasteiger partial charge in [-0.1, -0.05) is 30.3 Å². The first-order valence-corrected chi connectivity index (χ1v) is 5.80. The van der Waals surface area contributed by atoms with Crippen molar-refractivity contribution in [2.75, 3.05) is 5.43 Å². The number of nitrogens with one attached hydrogen (secondary N) is 1. The molecule has 21 heavy (non-hydrogen) atoms. The lowest BCUT2D eigenvalue weighted by Crippen LogP contribution is -2.08. The minimum absolute atomic E-state index is 0.319. The van der Waals surface area contributed by atoms with E-state index in [2.05, 4.69) is 5.10 Å². The van der Waals surface area contributed by atoms with Gasteiger partial charge in [0, 0.05) is 0 Å². The van der Waals surface area contributed by atoms with E-state index in [1.165, 1.54) is 6.92 Å². The quantitative estimate of drug-likeness (QED) is 0.296. The average molecular weight is 300 g/mol. The summed E-state index contributed by atoms with van der Waals surface area (Å²) in [4.78, 5) is 0. The molecule has 2 aromatic carbocycles. The van der Waals surface area contributed by atoms with Gasteiger partial charge < -0.3 is 0 Å². The topological polar surface area (TPSA) is 24.4 Å². The Balaban J connectivity index is 2.37. The standard InChI is InChI=1S/C14H9F5N2/c1-7(8-5-3-2-4-6-8)20-21-14-12(18)10(16)9(15)11(17)13(14)19/h2-6,21H,1H3/b20-7+. The first-order valence-electron chi connectivity index (χ1n) is 5.80. The second kappa shape index (κ2) is 5.90. The number of hydrazone groups is 1. The lowest BCUT2D eigenvalue weighted by Gasteiger charge is -2.08. The molecular weight excluding hydrogens is 291 g/mol. The molecular formula is C14H9F5N2. The van der Waals surface area contributed by atoms with Crippen LogP contribution in [0.1, 0.15) is 12.5 Å². The fourth-order valence-corrected chi connectivity index (χ4v) is 1.59. The summed E-state index contributed by atoms with van der Waals surface area (Å²) in [5, 5.41) is 3.63. The number of rotatable bonds is 3. The second-order valence-electron chi connectivity index (χ2n) is 4.12. The fraction of sp³-hybridized carbons (Fsp3) is 0.0714. The third-order valence-corrected chi connectivity index (χ3v) is 2.74. The Kier molecular flexibility index (Phi) is 4.21. The Morgan fingerprint density at radius 3 is 1.81 bits per heavy atom.